The van der Waals surface area contributed by atoms with Gasteiger partial charge >= 0.3 is 0 Å². The first-order valence-corrected chi connectivity index (χ1v) is 5.50. The van der Waals surface area contributed by atoms with Crippen molar-refractivity contribution >= 4 is 5.78 Å². The van der Waals surface area contributed by atoms with E-state index in [4.69, 9.17) is 0 Å². The number of halogens is 1. The Bertz CT molecular complexity index is 546. The summed E-state index contributed by atoms with van der Waals surface area (Å²) in [5.74, 6) is -0.284. The van der Waals surface area contributed by atoms with Crippen molar-refractivity contribution in [3.05, 3.63) is 71.0 Å². The van der Waals surface area contributed by atoms with Crippen LogP contribution in [0.15, 0.2) is 48.5 Å². The van der Waals surface area contributed by atoms with Crippen LogP contribution in [0.2, 0.25) is 0 Å². The number of carbonyl (C=O) groups is 1. The highest BCUT2D eigenvalue weighted by atomic mass is 19.1. The van der Waals surface area contributed by atoms with Gasteiger partial charge in [-0.3, -0.25) is 4.79 Å². The molecule has 0 heterocycles. The molecule has 17 heavy (non-hydrogen) atoms. The predicted octanol–water partition coefficient (Wildman–Crippen LogP) is 3.56. The van der Waals surface area contributed by atoms with E-state index in [9.17, 15) is 9.18 Å². The average molecular weight is 228 g/mol. The molecule has 0 saturated heterocycles. The van der Waals surface area contributed by atoms with Gasteiger partial charge in [0, 0.05) is 12.0 Å². The zero-order valence-corrected chi connectivity index (χ0v) is 9.61. The van der Waals surface area contributed by atoms with Crippen LogP contribution < -0.4 is 0 Å². The Kier molecular flexibility index (Phi) is 3.33. The minimum absolute atomic E-state index is 0.0219. The molecule has 0 aromatic heterocycles. The monoisotopic (exact) mass is 228 g/mol. The maximum Gasteiger partial charge on any atom is 0.167 e. The Morgan fingerprint density at radius 3 is 2.59 bits per heavy atom. The van der Waals surface area contributed by atoms with Crippen LogP contribution in [0.5, 0.6) is 0 Å². The van der Waals surface area contributed by atoms with E-state index in [2.05, 4.69) is 0 Å². The van der Waals surface area contributed by atoms with Crippen LogP contribution in [0.3, 0.4) is 0 Å². The van der Waals surface area contributed by atoms with Crippen LogP contribution in [-0.2, 0) is 6.42 Å². The van der Waals surface area contributed by atoms with Crippen LogP contribution in [-0.4, -0.2) is 5.78 Å². The van der Waals surface area contributed by atoms with Gasteiger partial charge in [0.25, 0.3) is 0 Å². The first kappa shape index (κ1) is 11.5. The van der Waals surface area contributed by atoms with Gasteiger partial charge in [0.1, 0.15) is 5.82 Å². The predicted molar refractivity (Wildman–Crippen MR) is 65.6 cm³/mol. The van der Waals surface area contributed by atoms with E-state index in [1.807, 2.05) is 25.1 Å². The molecule has 2 aromatic carbocycles. The minimum Gasteiger partial charge on any atom is -0.294 e. The van der Waals surface area contributed by atoms with Gasteiger partial charge in [0.05, 0.1) is 0 Å². The molecular weight excluding hydrogens is 215 g/mol. The molecule has 0 N–H and O–H groups in total. The zero-order valence-electron chi connectivity index (χ0n) is 9.61. The molecule has 2 rings (SSSR count). The molecule has 0 spiro atoms. The molecule has 0 saturated carbocycles. The summed E-state index contributed by atoms with van der Waals surface area (Å²) in [5, 5.41) is 0. The van der Waals surface area contributed by atoms with Gasteiger partial charge in [-0.25, -0.2) is 4.39 Å². The summed E-state index contributed by atoms with van der Waals surface area (Å²) in [4.78, 5) is 12.0. The van der Waals surface area contributed by atoms with Crippen molar-refractivity contribution in [3.8, 4) is 0 Å². The van der Waals surface area contributed by atoms with Gasteiger partial charge in [-0.2, -0.15) is 0 Å². The van der Waals surface area contributed by atoms with Crippen molar-refractivity contribution in [2.24, 2.45) is 0 Å². The third-order valence-electron chi connectivity index (χ3n) is 2.70. The fraction of sp³-hybridized carbons (Fsp3) is 0.133. The molecule has 0 atom stereocenters. The number of hydrogen-bond donors (Lipinski definition) is 0. The van der Waals surface area contributed by atoms with Crippen molar-refractivity contribution in [1.82, 2.24) is 0 Å². The fourth-order valence-corrected chi connectivity index (χ4v) is 1.81. The first-order valence-electron chi connectivity index (χ1n) is 5.50. The summed E-state index contributed by atoms with van der Waals surface area (Å²) >= 11 is 0. The third kappa shape index (κ3) is 2.78. The van der Waals surface area contributed by atoms with Crippen molar-refractivity contribution < 1.29 is 9.18 Å². The number of hydrogen-bond acceptors (Lipinski definition) is 1. The average Bonchev–Trinajstić information content (AvgIpc) is 2.29. The van der Waals surface area contributed by atoms with Gasteiger partial charge in [0.2, 0.25) is 0 Å². The maximum atomic E-state index is 13.0. The summed E-state index contributed by atoms with van der Waals surface area (Å²) in [6.45, 7) is 1.90. The van der Waals surface area contributed by atoms with Crippen LogP contribution in [0.25, 0.3) is 0 Å². The van der Waals surface area contributed by atoms with Crippen LogP contribution in [0.1, 0.15) is 21.5 Å². The molecule has 86 valence electrons. The van der Waals surface area contributed by atoms with Crippen molar-refractivity contribution in [2.45, 2.75) is 13.3 Å². The first-order chi connectivity index (χ1) is 8.16. The highest BCUT2D eigenvalue weighted by Gasteiger charge is 2.09. The van der Waals surface area contributed by atoms with Gasteiger partial charge in [-0.05, 0) is 30.2 Å². The SMILES string of the molecule is Cc1ccccc1C(=O)Cc1cccc(F)c1. The molecule has 0 amide bonds. The van der Waals surface area contributed by atoms with Crippen LogP contribution >= 0.6 is 0 Å². The molecular formula is C15H13FO. The van der Waals surface area contributed by atoms with E-state index in [0.717, 1.165) is 5.56 Å². The van der Waals surface area contributed by atoms with Crippen molar-refractivity contribution in [1.29, 1.82) is 0 Å². The number of aryl methyl sites for hydroxylation is 1. The summed E-state index contributed by atoms with van der Waals surface area (Å²) in [6, 6.07) is 13.6. The van der Waals surface area contributed by atoms with E-state index < -0.39 is 0 Å². The Hall–Kier alpha value is -1.96. The van der Waals surface area contributed by atoms with Crippen LogP contribution in [0, 0.1) is 12.7 Å². The highest BCUT2D eigenvalue weighted by molar-refractivity contribution is 5.98. The highest BCUT2D eigenvalue weighted by Crippen LogP contribution is 2.12. The van der Waals surface area contributed by atoms with E-state index in [0.29, 0.717) is 11.1 Å². The molecule has 0 aliphatic heterocycles. The Labute approximate surface area is 99.9 Å². The summed E-state index contributed by atoms with van der Waals surface area (Å²) < 4.78 is 13.0. The van der Waals surface area contributed by atoms with Crippen molar-refractivity contribution in [3.63, 3.8) is 0 Å². The molecule has 0 bridgehead atoms. The Balaban J connectivity index is 2.20. The standard InChI is InChI=1S/C15H13FO/c1-11-5-2-3-8-14(11)15(17)10-12-6-4-7-13(16)9-12/h2-9H,10H2,1H3. The number of rotatable bonds is 3. The van der Waals surface area contributed by atoms with E-state index in [1.165, 1.54) is 12.1 Å². The molecule has 1 nitrogen and oxygen atoms in total. The summed E-state index contributed by atoms with van der Waals surface area (Å²) in [6.07, 6.45) is 0.239. The second-order valence-corrected chi connectivity index (χ2v) is 4.04. The molecule has 2 aromatic rings. The van der Waals surface area contributed by atoms with E-state index in [-0.39, 0.29) is 18.0 Å². The topological polar surface area (TPSA) is 17.1 Å². The quantitative estimate of drug-likeness (QED) is 0.734. The minimum atomic E-state index is -0.305. The molecule has 0 fully saturated rings. The number of carbonyl (C=O) groups excluding carboxylic acids is 1. The van der Waals surface area contributed by atoms with Crippen LogP contribution in [0.4, 0.5) is 4.39 Å². The lowest BCUT2D eigenvalue weighted by Crippen LogP contribution is -2.05. The number of Topliss-reactive ketones (excluding diaryl/α,β-unsaturated/α-hetero) is 1. The summed E-state index contributed by atoms with van der Waals surface area (Å²) in [7, 11) is 0. The Morgan fingerprint density at radius 2 is 1.88 bits per heavy atom. The largest absolute Gasteiger partial charge is 0.294 e. The van der Waals surface area contributed by atoms with E-state index in [1.54, 1.807) is 18.2 Å². The molecule has 0 radical (unpaired) electrons. The molecule has 0 aliphatic carbocycles. The zero-order chi connectivity index (χ0) is 12.3. The van der Waals surface area contributed by atoms with Gasteiger partial charge in [-0.15, -0.1) is 0 Å². The van der Waals surface area contributed by atoms with Gasteiger partial charge < -0.3 is 0 Å². The third-order valence-corrected chi connectivity index (χ3v) is 2.70. The normalized spacial score (nSPS) is 10.2. The summed E-state index contributed by atoms with van der Waals surface area (Å²) in [5.41, 5.74) is 2.36. The van der Waals surface area contributed by atoms with E-state index >= 15 is 0 Å². The number of benzene rings is 2. The molecule has 2 heteroatoms. The second kappa shape index (κ2) is 4.91. The molecule has 0 unspecified atom stereocenters. The second-order valence-electron chi connectivity index (χ2n) is 4.04. The smallest absolute Gasteiger partial charge is 0.167 e. The lowest BCUT2D eigenvalue weighted by atomic mass is 9.99. The van der Waals surface area contributed by atoms with Crippen molar-refractivity contribution in [2.75, 3.05) is 0 Å². The lowest BCUT2D eigenvalue weighted by Gasteiger charge is -2.04. The lowest BCUT2D eigenvalue weighted by molar-refractivity contribution is 0.0992. The van der Waals surface area contributed by atoms with Gasteiger partial charge in [-0.1, -0.05) is 36.4 Å². The maximum absolute atomic E-state index is 13.0. The number of ketones is 1. The van der Waals surface area contributed by atoms with Gasteiger partial charge in [0.15, 0.2) is 5.78 Å². The molecule has 0 aliphatic rings. The fourth-order valence-electron chi connectivity index (χ4n) is 1.81. The Morgan fingerprint density at radius 1 is 1.12 bits per heavy atom.